The van der Waals surface area contributed by atoms with Gasteiger partial charge in [0.2, 0.25) is 15.0 Å². The van der Waals surface area contributed by atoms with E-state index >= 15 is 0 Å². The number of esters is 1. The van der Waals surface area contributed by atoms with Crippen LogP contribution in [0, 0.1) is 5.82 Å². The topological polar surface area (TPSA) is 112 Å². The fraction of sp³-hybridized carbons (Fsp3) is 0.286. The number of nitrogens with zero attached hydrogens (tertiary/aromatic N) is 2. The first-order chi connectivity index (χ1) is 11.6. The van der Waals surface area contributed by atoms with E-state index < -0.39 is 38.4 Å². The summed E-state index contributed by atoms with van der Waals surface area (Å²) < 4.78 is 42.7. The van der Waals surface area contributed by atoms with Crippen molar-refractivity contribution in [2.24, 2.45) is 4.99 Å². The maximum atomic E-state index is 13.4. The number of amides is 1. The zero-order chi connectivity index (χ0) is 18.8. The van der Waals surface area contributed by atoms with E-state index in [-0.39, 0.29) is 11.3 Å². The lowest BCUT2D eigenvalue weighted by atomic mass is 10.3. The number of aromatic nitrogens is 1. The van der Waals surface area contributed by atoms with Crippen molar-refractivity contribution >= 4 is 48.4 Å². The van der Waals surface area contributed by atoms with Crippen molar-refractivity contribution in [1.82, 2.24) is 4.57 Å². The Hall–Kier alpha value is -2.40. The number of hydrogen-bond acceptors (Lipinski definition) is 7. The van der Waals surface area contributed by atoms with Crippen LogP contribution in [0.1, 0.15) is 6.92 Å². The molecular weight excluding hydrogens is 375 g/mol. The van der Waals surface area contributed by atoms with Crippen molar-refractivity contribution in [3.05, 3.63) is 28.8 Å². The number of carbonyl (C=O) groups excluding carboxylic acids is 3. The minimum Gasteiger partial charge on any atom is -0.468 e. The second-order valence-corrected chi connectivity index (χ2v) is 8.02. The lowest BCUT2D eigenvalue weighted by Gasteiger charge is -2.03. The zero-order valence-electron chi connectivity index (χ0n) is 13.2. The van der Waals surface area contributed by atoms with Crippen LogP contribution >= 0.6 is 11.3 Å². The van der Waals surface area contributed by atoms with Gasteiger partial charge in [-0.3, -0.25) is 14.4 Å². The van der Waals surface area contributed by atoms with Gasteiger partial charge in [-0.25, -0.2) is 12.8 Å². The molecule has 1 aromatic carbocycles. The van der Waals surface area contributed by atoms with Gasteiger partial charge in [-0.05, 0) is 18.2 Å². The summed E-state index contributed by atoms with van der Waals surface area (Å²) in [5, 5.41) is -1.14. The normalized spacial score (nSPS) is 12.4. The quantitative estimate of drug-likeness (QED) is 0.701. The highest BCUT2D eigenvalue weighted by molar-refractivity contribution is 8.06. The summed E-state index contributed by atoms with van der Waals surface area (Å²) in [7, 11) is -3.05. The van der Waals surface area contributed by atoms with E-state index in [9.17, 15) is 27.2 Å². The van der Waals surface area contributed by atoms with Crippen molar-refractivity contribution in [3.63, 3.8) is 0 Å². The van der Waals surface area contributed by atoms with Gasteiger partial charge < -0.3 is 9.30 Å². The van der Waals surface area contributed by atoms with E-state index in [1.807, 2.05) is 0 Å². The Balaban J connectivity index is 2.55. The maximum Gasteiger partial charge on any atom is 0.325 e. The molecule has 0 unspecified atom stereocenters. The largest absolute Gasteiger partial charge is 0.468 e. The summed E-state index contributed by atoms with van der Waals surface area (Å²) in [6, 6.07) is 3.78. The summed E-state index contributed by atoms with van der Waals surface area (Å²) in [5.74, 6) is -3.30. The van der Waals surface area contributed by atoms with Crippen LogP contribution in [0.15, 0.2) is 23.2 Å². The Labute approximate surface area is 145 Å². The minimum absolute atomic E-state index is 0.00486. The highest BCUT2D eigenvalue weighted by atomic mass is 32.2. The van der Waals surface area contributed by atoms with E-state index in [2.05, 4.69) is 9.73 Å². The molecule has 2 rings (SSSR count). The Morgan fingerprint density at radius 1 is 1.32 bits per heavy atom. The predicted molar refractivity (Wildman–Crippen MR) is 86.8 cm³/mol. The fourth-order valence-corrected chi connectivity index (χ4v) is 3.55. The zero-order valence-corrected chi connectivity index (χ0v) is 14.8. The number of fused-ring (bicyclic) bond motifs is 1. The number of thiazole rings is 1. The van der Waals surface area contributed by atoms with Crippen LogP contribution in [0.5, 0.6) is 0 Å². The van der Waals surface area contributed by atoms with Gasteiger partial charge in [0.25, 0.3) is 5.91 Å². The minimum atomic E-state index is -4.23. The van der Waals surface area contributed by atoms with Crippen LogP contribution in [0.2, 0.25) is 0 Å². The van der Waals surface area contributed by atoms with Crippen LogP contribution in [-0.4, -0.2) is 42.8 Å². The van der Waals surface area contributed by atoms with E-state index in [0.717, 1.165) is 18.3 Å². The van der Waals surface area contributed by atoms with Crippen molar-refractivity contribution < 1.29 is 31.9 Å². The maximum absolute atomic E-state index is 13.4. The molecular formula is C14H13FN2O6S2. The standard InChI is InChI=1S/C14H13FN2O6S2/c1-8(18)25(21,22)7-12(19)16-14-17(6-13(20)23-2)10-4-3-9(15)5-11(10)24-14/h3-5H,6-7H2,1-2H3. The highest BCUT2D eigenvalue weighted by Crippen LogP contribution is 2.18. The second-order valence-electron chi connectivity index (χ2n) is 4.92. The van der Waals surface area contributed by atoms with E-state index in [1.54, 1.807) is 0 Å². The number of sulfone groups is 1. The highest BCUT2D eigenvalue weighted by Gasteiger charge is 2.22. The van der Waals surface area contributed by atoms with Crippen molar-refractivity contribution in [1.29, 1.82) is 0 Å². The molecule has 0 spiro atoms. The van der Waals surface area contributed by atoms with Gasteiger partial charge in [0.05, 0.1) is 17.3 Å². The molecule has 1 heterocycles. The Bertz CT molecular complexity index is 1040. The molecule has 1 aromatic heterocycles. The molecule has 0 saturated heterocycles. The van der Waals surface area contributed by atoms with Crippen LogP contribution < -0.4 is 4.80 Å². The first-order valence-corrected chi connectivity index (χ1v) is 9.27. The summed E-state index contributed by atoms with van der Waals surface area (Å²) in [6.45, 7) is 0.538. The second kappa shape index (κ2) is 7.23. The molecule has 0 bridgehead atoms. The first kappa shape index (κ1) is 18.9. The average Bonchev–Trinajstić information content (AvgIpc) is 2.82. The lowest BCUT2D eigenvalue weighted by molar-refractivity contribution is -0.141. The van der Waals surface area contributed by atoms with Gasteiger partial charge in [0, 0.05) is 6.92 Å². The summed E-state index contributed by atoms with van der Waals surface area (Å²) in [5.41, 5.74) is 0.428. The van der Waals surface area contributed by atoms with Gasteiger partial charge in [-0.15, -0.1) is 0 Å². The van der Waals surface area contributed by atoms with E-state index in [4.69, 9.17) is 0 Å². The summed E-state index contributed by atoms with van der Waals surface area (Å²) in [6.07, 6.45) is 0. The SMILES string of the molecule is COC(=O)Cn1c(=NC(=O)CS(=O)(=O)C(C)=O)sc2cc(F)ccc21. The molecule has 25 heavy (non-hydrogen) atoms. The van der Waals surface area contributed by atoms with E-state index in [1.165, 1.54) is 29.9 Å². The number of hydrogen-bond donors (Lipinski definition) is 0. The molecule has 11 heteroatoms. The molecule has 134 valence electrons. The molecule has 0 saturated carbocycles. The summed E-state index contributed by atoms with van der Waals surface area (Å²) in [4.78, 5) is 38.1. The molecule has 0 fully saturated rings. The molecule has 0 aliphatic carbocycles. The lowest BCUT2D eigenvalue weighted by Crippen LogP contribution is -2.25. The van der Waals surface area contributed by atoms with Crippen LogP contribution in [0.4, 0.5) is 4.39 Å². The third kappa shape index (κ3) is 4.37. The Morgan fingerprint density at radius 2 is 2.00 bits per heavy atom. The van der Waals surface area contributed by atoms with Gasteiger partial charge in [-0.1, -0.05) is 11.3 Å². The Morgan fingerprint density at radius 3 is 2.60 bits per heavy atom. The first-order valence-electron chi connectivity index (χ1n) is 6.80. The van der Waals surface area contributed by atoms with Crippen LogP contribution in [-0.2, 0) is 35.5 Å². The molecule has 0 atom stereocenters. The van der Waals surface area contributed by atoms with Crippen molar-refractivity contribution in [2.45, 2.75) is 13.5 Å². The number of rotatable bonds is 4. The third-order valence-electron chi connectivity index (χ3n) is 3.13. The average molecular weight is 388 g/mol. The van der Waals surface area contributed by atoms with Gasteiger partial charge in [0.1, 0.15) is 18.1 Å². The van der Waals surface area contributed by atoms with Crippen LogP contribution in [0.25, 0.3) is 10.2 Å². The third-order valence-corrected chi connectivity index (χ3v) is 5.68. The molecule has 2 aromatic rings. The monoisotopic (exact) mass is 388 g/mol. The predicted octanol–water partition coefficient (Wildman–Crippen LogP) is 0.403. The van der Waals surface area contributed by atoms with E-state index in [0.29, 0.717) is 10.2 Å². The van der Waals surface area contributed by atoms with Crippen molar-refractivity contribution in [2.75, 3.05) is 12.9 Å². The Kier molecular flexibility index (Phi) is 5.48. The number of ether oxygens (including phenoxy) is 1. The molecule has 0 N–H and O–H groups in total. The number of halogens is 1. The van der Waals surface area contributed by atoms with Crippen molar-refractivity contribution in [3.8, 4) is 0 Å². The molecule has 1 amide bonds. The smallest absolute Gasteiger partial charge is 0.325 e. The van der Waals surface area contributed by atoms with Gasteiger partial charge in [-0.2, -0.15) is 4.99 Å². The molecule has 0 radical (unpaired) electrons. The number of methoxy groups -OCH3 is 1. The van der Waals surface area contributed by atoms with Crippen LogP contribution in [0.3, 0.4) is 0 Å². The molecule has 0 aliphatic rings. The molecule has 0 aliphatic heterocycles. The molecule has 8 nitrogen and oxygen atoms in total. The van der Waals surface area contributed by atoms with Gasteiger partial charge >= 0.3 is 5.97 Å². The number of carbonyl (C=O) groups is 3. The summed E-state index contributed by atoms with van der Waals surface area (Å²) >= 11 is 0.901. The number of benzene rings is 1. The fourth-order valence-electron chi connectivity index (χ4n) is 1.88. The van der Waals surface area contributed by atoms with Gasteiger partial charge in [0.15, 0.2) is 4.80 Å².